The fourth-order valence-electron chi connectivity index (χ4n) is 5.92. The molecule has 2 aromatic carbocycles. The molecule has 1 amide bonds. The number of carbonyl (C=O) groups is 1. The first-order chi connectivity index (χ1) is 19.2. The Morgan fingerprint density at radius 2 is 1.88 bits per heavy atom. The van der Waals surface area contributed by atoms with Crippen molar-refractivity contribution in [3.63, 3.8) is 0 Å². The molecule has 0 saturated heterocycles. The number of aliphatic hydroxyl groups excluding tert-OH is 2. The predicted molar refractivity (Wildman–Crippen MR) is 155 cm³/mol. The Morgan fingerprint density at radius 3 is 2.65 bits per heavy atom. The van der Waals surface area contributed by atoms with Crippen LogP contribution in [0.3, 0.4) is 0 Å². The van der Waals surface area contributed by atoms with Crippen LogP contribution in [0.2, 0.25) is 5.02 Å². The second-order valence-corrected chi connectivity index (χ2v) is 13.5. The van der Waals surface area contributed by atoms with Gasteiger partial charge in [-0.05, 0) is 98.2 Å². The number of rotatable bonds is 1. The molecule has 0 spiro atoms. The molecule has 1 aliphatic carbocycles. The van der Waals surface area contributed by atoms with E-state index in [2.05, 4.69) is 9.62 Å². The highest BCUT2D eigenvalue weighted by molar-refractivity contribution is 7.90. The molecular formula is C30H37ClN2O6S. The fourth-order valence-corrected chi connectivity index (χ4v) is 7.22. The van der Waals surface area contributed by atoms with E-state index in [4.69, 9.17) is 16.3 Å². The topological polar surface area (TPSA) is 116 Å². The number of carbonyl (C=O) groups excluding carboxylic acids is 1. The molecule has 2 heterocycles. The van der Waals surface area contributed by atoms with Crippen molar-refractivity contribution >= 4 is 33.2 Å². The molecule has 216 valence electrons. The Bertz CT molecular complexity index is 1360. The highest BCUT2D eigenvalue weighted by Crippen LogP contribution is 2.41. The summed E-state index contributed by atoms with van der Waals surface area (Å²) in [5.74, 6) is 0.281. The van der Waals surface area contributed by atoms with E-state index < -0.39 is 33.9 Å². The summed E-state index contributed by atoms with van der Waals surface area (Å²) in [5, 5.41) is 20.2. The number of fused-ring (bicyclic) bond motifs is 3. The smallest absolute Gasteiger partial charge is 0.264 e. The summed E-state index contributed by atoms with van der Waals surface area (Å²) >= 11 is 6.28. The summed E-state index contributed by atoms with van der Waals surface area (Å²) in [6.45, 7) is 1.14. The molecule has 40 heavy (non-hydrogen) atoms. The van der Waals surface area contributed by atoms with Crippen LogP contribution in [-0.2, 0) is 23.1 Å². The first-order valence-electron chi connectivity index (χ1n) is 14.0. The average molecular weight is 589 g/mol. The molecule has 0 unspecified atom stereocenters. The van der Waals surface area contributed by atoms with Crippen LogP contribution in [0.15, 0.2) is 48.6 Å². The summed E-state index contributed by atoms with van der Waals surface area (Å²) in [6.07, 6.45) is 8.02. The molecule has 2 bridgehead atoms. The van der Waals surface area contributed by atoms with Gasteiger partial charge < -0.3 is 19.8 Å². The van der Waals surface area contributed by atoms with Crippen molar-refractivity contribution in [3.05, 3.63) is 70.3 Å². The Labute approximate surface area is 241 Å². The number of anilines is 1. The molecule has 5 rings (SSSR count). The number of allylic oxidation sites excluding steroid dienone is 1. The van der Waals surface area contributed by atoms with Crippen LogP contribution in [0.25, 0.3) is 0 Å². The lowest BCUT2D eigenvalue weighted by molar-refractivity contribution is 0.0180. The summed E-state index contributed by atoms with van der Waals surface area (Å²) < 4.78 is 34.4. The number of aryl methyl sites for hydroxylation is 1. The number of nitrogens with one attached hydrogen (secondary N) is 1. The normalized spacial score (nSPS) is 28.0. The maximum absolute atomic E-state index is 13.2. The van der Waals surface area contributed by atoms with E-state index in [1.54, 1.807) is 30.4 Å². The van der Waals surface area contributed by atoms with Gasteiger partial charge in [-0.25, -0.2) is 13.1 Å². The lowest BCUT2D eigenvalue weighted by Gasteiger charge is -2.43. The Kier molecular flexibility index (Phi) is 9.05. The molecule has 2 aromatic rings. The fraction of sp³-hybridized carbons (Fsp3) is 0.500. The van der Waals surface area contributed by atoms with E-state index in [0.717, 1.165) is 55.5 Å². The van der Waals surface area contributed by atoms with Crippen molar-refractivity contribution in [1.29, 1.82) is 0 Å². The number of benzene rings is 2. The van der Waals surface area contributed by atoms with Crippen molar-refractivity contribution in [1.82, 2.24) is 4.72 Å². The first-order valence-corrected chi connectivity index (χ1v) is 16.0. The number of hydrogen-bond donors (Lipinski definition) is 3. The Balaban J connectivity index is 1.53. The van der Waals surface area contributed by atoms with Crippen molar-refractivity contribution in [2.75, 3.05) is 24.6 Å². The van der Waals surface area contributed by atoms with E-state index in [1.165, 1.54) is 0 Å². The number of nitrogens with zero attached hydrogens (tertiary/aromatic N) is 1. The number of halogens is 1. The zero-order valence-corrected chi connectivity index (χ0v) is 24.0. The van der Waals surface area contributed by atoms with Crippen LogP contribution < -0.4 is 14.4 Å². The summed E-state index contributed by atoms with van der Waals surface area (Å²) in [4.78, 5) is 15.4. The minimum absolute atomic E-state index is 0.0401. The van der Waals surface area contributed by atoms with Gasteiger partial charge in [0.15, 0.2) is 0 Å². The number of hydrogen-bond acceptors (Lipinski definition) is 7. The lowest BCUT2D eigenvalue weighted by Crippen LogP contribution is -2.44. The minimum atomic E-state index is -4.14. The van der Waals surface area contributed by atoms with Gasteiger partial charge in [0.2, 0.25) is 10.0 Å². The van der Waals surface area contributed by atoms with Crippen LogP contribution in [0, 0.1) is 11.8 Å². The van der Waals surface area contributed by atoms with Crippen LogP contribution >= 0.6 is 11.6 Å². The van der Waals surface area contributed by atoms with E-state index in [1.807, 2.05) is 18.2 Å². The monoisotopic (exact) mass is 588 g/mol. The third kappa shape index (κ3) is 6.48. The van der Waals surface area contributed by atoms with Crippen molar-refractivity contribution < 1.29 is 28.2 Å². The van der Waals surface area contributed by atoms with E-state index in [-0.39, 0.29) is 23.8 Å². The van der Waals surface area contributed by atoms with Gasteiger partial charge in [0.1, 0.15) is 17.6 Å². The molecule has 8 nitrogen and oxygen atoms in total. The maximum atomic E-state index is 13.2. The first kappa shape index (κ1) is 28.9. The second kappa shape index (κ2) is 12.5. The molecule has 10 heteroatoms. The van der Waals surface area contributed by atoms with Crippen molar-refractivity contribution in [3.8, 4) is 5.75 Å². The van der Waals surface area contributed by atoms with Crippen molar-refractivity contribution in [2.45, 2.75) is 62.9 Å². The molecule has 0 aromatic heterocycles. The standard InChI is InChI=1S/C30H37ClN2O6S/c31-24-11-8-23-19-39-29-13-10-21-16-27(29)33(14-4-3-5-20(23)15-24)17-22-9-12-26(22)28(35)7-2-1-6-25(18-34)40(37,38)32-30(21)36/h1-2,8,10-11,13,15-16,22,25-26,28,34-35H,3-7,9,12,14,17-19H2,(H,32,36)/b2-1-/t22-,25+,26+,28-/m0/s1. The predicted octanol–water partition coefficient (Wildman–Crippen LogP) is 4.22. The summed E-state index contributed by atoms with van der Waals surface area (Å²) in [7, 11) is -4.14. The van der Waals surface area contributed by atoms with Gasteiger partial charge >= 0.3 is 0 Å². The van der Waals surface area contributed by atoms with E-state index in [9.17, 15) is 23.4 Å². The molecule has 2 aliphatic heterocycles. The van der Waals surface area contributed by atoms with Gasteiger partial charge in [-0.15, -0.1) is 0 Å². The Hall–Kier alpha value is -2.59. The zero-order valence-electron chi connectivity index (χ0n) is 22.5. The Morgan fingerprint density at radius 1 is 1.05 bits per heavy atom. The third-order valence-electron chi connectivity index (χ3n) is 8.48. The van der Waals surface area contributed by atoms with Crippen LogP contribution in [-0.4, -0.2) is 55.6 Å². The van der Waals surface area contributed by atoms with Crippen LogP contribution in [0.4, 0.5) is 5.69 Å². The number of aliphatic hydroxyl groups is 2. The molecule has 3 N–H and O–H groups in total. The number of sulfonamides is 1. The zero-order chi connectivity index (χ0) is 28.3. The second-order valence-electron chi connectivity index (χ2n) is 11.1. The molecule has 1 fully saturated rings. The quantitative estimate of drug-likeness (QED) is 0.427. The third-order valence-corrected chi connectivity index (χ3v) is 10.4. The highest BCUT2D eigenvalue weighted by Gasteiger charge is 2.37. The SMILES string of the molecule is O=C1NS(=O)(=O)[C@@H](CO)C/C=C\C[C@H](O)[C@@H]2CC[C@H]2CN2CCCCc3cc(Cl)ccc3COc3ccc1cc32. The van der Waals surface area contributed by atoms with E-state index >= 15 is 0 Å². The van der Waals surface area contributed by atoms with Crippen LogP contribution in [0.5, 0.6) is 5.75 Å². The molecular weight excluding hydrogens is 552 g/mol. The van der Waals surface area contributed by atoms with Gasteiger partial charge in [-0.1, -0.05) is 29.8 Å². The molecule has 1 saturated carbocycles. The summed E-state index contributed by atoms with van der Waals surface area (Å²) in [6, 6.07) is 10.8. The van der Waals surface area contributed by atoms with Gasteiger partial charge in [-0.3, -0.25) is 4.79 Å². The highest BCUT2D eigenvalue weighted by atomic mass is 35.5. The maximum Gasteiger partial charge on any atom is 0.264 e. The van der Waals surface area contributed by atoms with Gasteiger partial charge in [-0.2, -0.15) is 0 Å². The molecule has 0 radical (unpaired) electrons. The average Bonchev–Trinajstić information content (AvgIpc) is 2.93. The molecule has 3 aliphatic rings. The van der Waals surface area contributed by atoms with Gasteiger partial charge in [0, 0.05) is 23.7 Å². The van der Waals surface area contributed by atoms with Gasteiger partial charge in [0.05, 0.1) is 18.4 Å². The molecule has 4 atom stereocenters. The van der Waals surface area contributed by atoms with Crippen LogP contribution in [0.1, 0.15) is 60.0 Å². The minimum Gasteiger partial charge on any atom is -0.487 e. The number of amides is 1. The summed E-state index contributed by atoms with van der Waals surface area (Å²) in [5.41, 5.74) is 3.13. The number of ether oxygens (including phenoxy) is 1. The lowest BCUT2D eigenvalue weighted by atomic mass is 9.69. The largest absolute Gasteiger partial charge is 0.487 e. The van der Waals surface area contributed by atoms with Gasteiger partial charge in [0.25, 0.3) is 5.91 Å². The van der Waals surface area contributed by atoms with E-state index in [0.29, 0.717) is 30.3 Å². The van der Waals surface area contributed by atoms with Crippen molar-refractivity contribution in [2.24, 2.45) is 11.8 Å².